The largest absolute Gasteiger partial charge is 0.489 e. The van der Waals surface area contributed by atoms with Crippen LogP contribution < -0.4 is 10.1 Å². The maximum absolute atomic E-state index is 5.94. The maximum Gasteiger partial charge on any atom is 0.124 e. The Morgan fingerprint density at radius 3 is 2.62 bits per heavy atom. The number of rotatable bonds is 7. The quantitative estimate of drug-likeness (QED) is 0.680. The van der Waals surface area contributed by atoms with Crippen molar-refractivity contribution in [3.63, 3.8) is 0 Å². The van der Waals surface area contributed by atoms with Gasteiger partial charge in [-0.05, 0) is 48.9 Å². The summed E-state index contributed by atoms with van der Waals surface area (Å²) in [6.45, 7) is 4.51. The Morgan fingerprint density at radius 1 is 1.14 bits per heavy atom. The third-order valence-electron chi connectivity index (χ3n) is 3.07. The molecule has 0 radical (unpaired) electrons. The van der Waals surface area contributed by atoms with Crippen molar-refractivity contribution in [3.05, 3.63) is 63.1 Å². The van der Waals surface area contributed by atoms with Gasteiger partial charge in [-0.2, -0.15) is 0 Å². The highest BCUT2D eigenvalue weighted by atomic mass is 79.9. The summed E-state index contributed by atoms with van der Waals surface area (Å²) in [4.78, 5) is 0. The van der Waals surface area contributed by atoms with E-state index in [2.05, 4.69) is 34.2 Å². The molecule has 0 unspecified atom stereocenters. The lowest BCUT2D eigenvalue weighted by Crippen LogP contribution is -2.14. The Hall–Kier alpha value is -1.03. The smallest absolute Gasteiger partial charge is 0.124 e. The molecule has 0 aliphatic carbocycles. The van der Waals surface area contributed by atoms with Crippen molar-refractivity contribution in [2.45, 2.75) is 26.5 Å². The Labute approximate surface area is 139 Å². The van der Waals surface area contributed by atoms with E-state index in [9.17, 15) is 0 Å². The van der Waals surface area contributed by atoms with Gasteiger partial charge in [0.15, 0.2) is 0 Å². The molecule has 112 valence electrons. The van der Waals surface area contributed by atoms with Crippen molar-refractivity contribution in [3.8, 4) is 5.75 Å². The molecule has 0 amide bonds. The SMILES string of the molecule is CCCNCc1cc(Br)ccc1OCc1ccc(Cl)cc1. The number of hydrogen-bond acceptors (Lipinski definition) is 2. The zero-order valence-electron chi connectivity index (χ0n) is 12.0. The number of hydrogen-bond donors (Lipinski definition) is 1. The van der Waals surface area contributed by atoms with Gasteiger partial charge in [0.25, 0.3) is 0 Å². The first-order valence-electron chi connectivity index (χ1n) is 7.05. The van der Waals surface area contributed by atoms with E-state index in [1.165, 1.54) is 0 Å². The lowest BCUT2D eigenvalue weighted by atomic mass is 10.2. The summed E-state index contributed by atoms with van der Waals surface area (Å²) in [5, 5.41) is 4.15. The van der Waals surface area contributed by atoms with E-state index < -0.39 is 0 Å². The van der Waals surface area contributed by atoms with Crippen LogP contribution in [-0.4, -0.2) is 6.54 Å². The summed E-state index contributed by atoms with van der Waals surface area (Å²) < 4.78 is 7.01. The minimum atomic E-state index is 0.541. The van der Waals surface area contributed by atoms with Crippen LogP contribution in [0, 0.1) is 0 Å². The summed E-state index contributed by atoms with van der Waals surface area (Å²) >= 11 is 9.40. The van der Waals surface area contributed by atoms with Gasteiger partial charge in [0, 0.05) is 21.6 Å². The molecule has 0 fully saturated rings. The maximum atomic E-state index is 5.94. The summed E-state index contributed by atoms with van der Waals surface area (Å²) in [5.41, 5.74) is 2.27. The molecule has 4 heteroatoms. The van der Waals surface area contributed by atoms with Crippen molar-refractivity contribution in [2.24, 2.45) is 0 Å². The van der Waals surface area contributed by atoms with Crippen LogP contribution in [0.25, 0.3) is 0 Å². The first-order chi connectivity index (χ1) is 10.2. The molecule has 2 aromatic rings. The molecule has 1 N–H and O–H groups in total. The van der Waals surface area contributed by atoms with Crippen LogP contribution in [0.15, 0.2) is 46.9 Å². The summed E-state index contributed by atoms with van der Waals surface area (Å²) in [6, 6.07) is 13.8. The van der Waals surface area contributed by atoms with E-state index >= 15 is 0 Å². The third kappa shape index (κ3) is 5.34. The van der Waals surface area contributed by atoms with Crippen LogP contribution in [-0.2, 0) is 13.2 Å². The second kappa shape index (κ2) is 8.42. The normalized spacial score (nSPS) is 10.6. The molecule has 0 heterocycles. The molecular formula is C17H19BrClNO. The molecule has 21 heavy (non-hydrogen) atoms. The molecule has 0 saturated heterocycles. The van der Waals surface area contributed by atoms with E-state index in [0.717, 1.165) is 45.9 Å². The average molecular weight is 369 g/mol. The minimum absolute atomic E-state index is 0.541. The van der Waals surface area contributed by atoms with Crippen molar-refractivity contribution in [2.75, 3.05) is 6.54 Å². The van der Waals surface area contributed by atoms with Crippen LogP contribution in [0.1, 0.15) is 24.5 Å². The Bertz CT molecular complexity index is 572. The van der Waals surface area contributed by atoms with Crippen molar-refractivity contribution >= 4 is 27.5 Å². The Morgan fingerprint density at radius 2 is 1.90 bits per heavy atom. The first-order valence-corrected chi connectivity index (χ1v) is 8.22. The molecule has 0 bridgehead atoms. The molecule has 0 atom stereocenters. The average Bonchev–Trinajstić information content (AvgIpc) is 2.48. The minimum Gasteiger partial charge on any atom is -0.489 e. The Balaban J connectivity index is 2.02. The molecule has 2 aromatic carbocycles. The third-order valence-corrected chi connectivity index (χ3v) is 3.82. The fourth-order valence-corrected chi connectivity index (χ4v) is 2.50. The lowest BCUT2D eigenvalue weighted by Gasteiger charge is -2.13. The molecule has 0 aromatic heterocycles. The van der Waals surface area contributed by atoms with Gasteiger partial charge in [-0.15, -0.1) is 0 Å². The number of nitrogens with one attached hydrogen (secondary N) is 1. The first kappa shape index (κ1) is 16.3. The Kier molecular flexibility index (Phi) is 6.55. The fraction of sp³-hybridized carbons (Fsp3) is 0.294. The van der Waals surface area contributed by atoms with Gasteiger partial charge in [-0.3, -0.25) is 0 Å². The number of ether oxygens (including phenoxy) is 1. The summed E-state index contributed by atoms with van der Waals surface area (Å²) in [5.74, 6) is 0.914. The highest BCUT2D eigenvalue weighted by molar-refractivity contribution is 9.10. The van der Waals surface area contributed by atoms with Gasteiger partial charge in [-0.25, -0.2) is 0 Å². The summed E-state index contributed by atoms with van der Waals surface area (Å²) in [7, 11) is 0. The molecule has 0 saturated carbocycles. The molecule has 0 aliphatic rings. The van der Waals surface area contributed by atoms with E-state index in [0.29, 0.717) is 6.61 Å². The lowest BCUT2D eigenvalue weighted by molar-refractivity contribution is 0.302. The van der Waals surface area contributed by atoms with E-state index in [1.54, 1.807) is 0 Å². The van der Waals surface area contributed by atoms with Crippen LogP contribution in [0.5, 0.6) is 5.75 Å². The number of halogens is 2. The van der Waals surface area contributed by atoms with Crippen molar-refractivity contribution < 1.29 is 4.74 Å². The molecule has 2 rings (SSSR count). The zero-order valence-corrected chi connectivity index (χ0v) is 14.4. The number of benzene rings is 2. The highest BCUT2D eigenvalue weighted by Crippen LogP contribution is 2.24. The fourth-order valence-electron chi connectivity index (χ4n) is 1.97. The van der Waals surface area contributed by atoms with E-state index in [-0.39, 0.29) is 0 Å². The molecule has 0 spiro atoms. The standard InChI is InChI=1S/C17H19BrClNO/c1-2-9-20-11-14-10-15(18)5-8-17(14)21-12-13-3-6-16(19)7-4-13/h3-8,10,20H,2,9,11-12H2,1H3. The van der Waals surface area contributed by atoms with Crippen LogP contribution in [0.3, 0.4) is 0 Å². The highest BCUT2D eigenvalue weighted by Gasteiger charge is 2.05. The van der Waals surface area contributed by atoms with Crippen LogP contribution in [0.2, 0.25) is 5.02 Å². The molecule has 2 nitrogen and oxygen atoms in total. The van der Waals surface area contributed by atoms with Gasteiger partial charge in [0.05, 0.1) is 0 Å². The van der Waals surface area contributed by atoms with Crippen molar-refractivity contribution in [1.29, 1.82) is 0 Å². The summed E-state index contributed by atoms with van der Waals surface area (Å²) in [6.07, 6.45) is 1.12. The zero-order chi connectivity index (χ0) is 15.1. The van der Waals surface area contributed by atoms with Crippen molar-refractivity contribution in [1.82, 2.24) is 5.32 Å². The second-order valence-electron chi connectivity index (χ2n) is 4.84. The van der Waals surface area contributed by atoms with Gasteiger partial charge >= 0.3 is 0 Å². The molecular weight excluding hydrogens is 350 g/mol. The topological polar surface area (TPSA) is 21.3 Å². The van der Waals surface area contributed by atoms with Gasteiger partial charge in [-0.1, -0.05) is 46.6 Å². The monoisotopic (exact) mass is 367 g/mol. The predicted molar refractivity (Wildman–Crippen MR) is 91.9 cm³/mol. The predicted octanol–water partition coefficient (Wildman–Crippen LogP) is 5.18. The van der Waals surface area contributed by atoms with Gasteiger partial charge in [0.2, 0.25) is 0 Å². The molecule has 0 aliphatic heterocycles. The second-order valence-corrected chi connectivity index (χ2v) is 6.20. The van der Waals surface area contributed by atoms with Gasteiger partial charge in [0.1, 0.15) is 12.4 Å². The van der Waals surface area contributed by atoms with E-state index in [4.69, 9.17) is 16.3 Å². The van der Waals surface area contributed by atoms with Crippen LogP contribution in [0.4, 0.5) is 0 Å². The van der Waals surface area contributed by atoms with Gasteiger partial charge < -0.3 is 10.1 Å². The van der Waals surface area contributed by atoms with Crippen LogP contribution >= 0.6 is 27.5 Å². The van der Waals surface area contributed by atoms with E-state index in [1.807, 2.05) is 36.4 Å².